The third-order valence-electron chi connectivity index (χ3n) is 2.71. The van der Waals surface area contributed by atoms with E-state index >= 15 is 0 Å². The van der Waals surface area contributed by atoms with Gasteiger partial charge in [-0.3, -0.25) is 0 Å². The Labute approximate surface area is 116 Å². The SMILES string of the molecule is COC(=O)C=CNc1cccc(-c2ccc(F)cc2)c1. The second-order valence-electron chi connectivity index (χ2n) is 4.09. The van der Waals surface area contributed by atoms with Gasteiger partial charge in [0.25, 0.3) is 0 Å². The van der Waals surface area contributed by atoms with Gasteiger partial charge in [-0.2, -0.15) is 0 Å². The average Bonchev–Trinajstić information content (AvgIpc) is 2.48. The van der Waals surface area contributed by atoms with Gasteiger partial charge in [0.05, 0.1) is 7.11 Å². The van der Waals surface area contributed by atoms with Crippen LogP contribution < -0.4 is 5.32 Å². The number of nitrogens with one attached hydrogen (secondary N) is 1. The normalized spacial score (nSPS) is 10.5. The predicted octanol–water partition coefficient (Wildman–Crippen LogP) is 3.59. The van der Waals surface area contributed by atoms with Gasteiger partial charge in [0, 0.05) is 18.0 Å². The number of anilines is 1. The standard InChI is InChI=1S/C16H14FNO2/c1-20-16(19)9-10-18-15-4-2-3-13(11-15)12-5-7-14(17)8-6-12/h2-11,18H,1H3. The minimum Gasteiger partial charge on any atom is -0.466 e. The van der Waals surface area contributed by atoms with Gasteiger partial charge in [-0.15, -0.1) is 0 Å². The molecule has 0 aliphatic heterocycles. The van der Waals surface area contributed by atoms with Gasteiger partial charge in [-0.25, -0.2) is 9.18 Å². The van der Waals surface area contributed by atoms with E-state index in [0.29, 0.717) is 0 Å². The minimum absolute atomic E-state index is 0.260. The number of esters is 1. The fraction of sp³-hybridized carbons (Fsp3) is 0.0625. The third kappa shape index (κ3) is 3.68. The van der Waals surface area contributed by atoms with Crippen LogP contribution in [-0.2, 0) is 9.53 Å². The number of carbonyl (C=O) groups is 1. The lowest BCUT2D eigenvalue weighted by Crippen LogP contribution is -1.96. The molecule has 0 unspecified atom stereocenters. The molecule has 0 radical (unpaired) electrons. The summed E-state index contributed by atoms with van der Waals surface area (Å²) in [5.74, 6) is -0.684. The molecule has 102 valence electrons. The van der Waals surface area contributed by atoms with E-state index in [-0.39, 0.29) is 5.82 Å². The van der Waals surface area contributed by atoms with Gasteiger partial charge in [-0.05, 0) is 35.4 Å². The summed E-state index contributed by atoms with van der Waals surface area (Å²) in [5, 5.41) is 2.98. The number of methoxy groups -OCH3 is 1. The lowest BCUT2D eigenvalue weighted by atomic mass is 10.1. The lowest BCUT2D eigenvalue weighted by Gasteiger charge is -2.05. The van der Waals surface area contributed by atoms with Gasteiger partial charge >= 0.3 is 5.97 Å². The fourth-order valence-corrected chi connectivity index (χ4v) is 1.70. The maximum absolute atomic E-state index is 12.9. The Bertz CT molecular complexity index is 621. The van der Waals surface area contributed by atoms with Crippen LogP contribution in [0.5, 0.6) is 0 Å². The van der Waals surface area contributed by atoms with Crippen molar-refractivity contribution in [3.8, 4) is 11.1 Å². The topological polar surface area (TPSA) is 38.3 Å². The smallest absolute Gasteiger partial charge is 0.331 e. The molecular formula is C16H14FNO2. The van der Waals surface area contributed by atoms with Gasteiger partial charge < -0.3 is 10.1 Å². The molecule has 0 aromatic heterocycles. The van der Waals surface area contributed by atoms with Crippen LogP contribution in [0, 0.1) is 5.82 Å². The van der Waals surface area contributed by atoms with Crippen molar-refractivity contribution in [2.45, 2.75) is 0 Å². The highest BCUT2D eigenvalue weighted by atomic mass is 19.1. The molecule has 0 aliphatic rings. The first kappa shape index (κ1) is 13.8. The molecule has 0 amide bonds. The maximum Gasteiger partial charge on any atom is 0.331 e. The highest BCUT2D eigenvalue weighted by Crippen LogP contribution is 2.22. The van der Waals surface area contributed by atoms with Crippen LogP contribution in [0.25, 0.3) is 11.1 Å². The van der Waals surface area contributed by atoms with Crippen LogP contribution in [0.2, 0.25) is 0 Å². The molecule has 0 saturated carbocycles. The van der Waals surface area contributed by atoms with Gasteiger partial charge in [0.1, 0.15) is 5.82 Å². The van der Waals surface area contributed by atoms with Crippen molar-refractivity contribution < 1.29 is 13.9 Å². The monoisotopic (exact) mass is 271 g/mol. The van der Waals surface area contributed by atoms with E-state index in [0.717, 1.165) is 16.8 Å². The van der Waals surface area contributed by atoms with Crippen molar-refractivity contribution in [2.24, 2.45) is 0 Å². The molecule has 2 rings (SSSR count). The van der Waals surface area contributed by atoms with Crippen molar-refractivity contribution in [1.29, 1.82) is 0 Å². The molecule has 0 spiro atoms. The number of ether oxygens (including phenoxy) is 1. The van der Waals surface area contributed by atoms with Crippen LogP contribution in [0.3, 0.4) is 0 Å². The second kappa shape index (κ2) is 6.52. The molecule has 3 nitrogen and oxygen atoms in total. The number of carbonyl (C=O) groups excluding carboxylic acids is 1. The predicted molar refractivity (Wildman–Crippen MR) is 76.6 cm³/mol. The molecule has 0 atom stereocenters. The first-order chi connectivity index (χ1) is 9.69. The Morgan fingerprint density at radius 2 is 1.90 bits per heavy atom. The summed E-state index contributed by atoms with van der Waals surface area (Å²) in [6.45, 7) is 0. The first-order valence-electron chi connectivity index (χ1n) is 6.06. The van der Waals surface area contributed by atoms with Crippen molar-refractivity contribution >= 4 is 11.7 Å². The Hall–Kier alpha value is -2.62. The molecule has 2 aromatic carbocycles. The molecule has 0 fully saturated rings. The van der Waals surface area contributed by atoms with Crippen molar-refractivity contribution in [2.75, 3.05) is 12.4 Å². The zero-order valence-corrected chi connectivity index (χ0v) is 11.0. The average molecular weight is 271 g/mol. The van der Waals surface area contributed by atoms with E-state index in [1.165, 1.54) is 31.5 Å². The number of benzene rings is 2. The molecular weight excluding hydrogens is 257 g/mol. The molecule has 2 aromatic rings. The minimum atomic E-state index is -0.424. The molecule has 20 heavy (non-hydrogen) atoms. The van der Waals surface area contributed by atoms with E-state index in [1.54, 1.807) is 12.1 Å². The summed E-state index contributed by atoms with van der Waals surface area (Å²) < 4.78 is 17.4. The number of halogens is 1. The first-order valence-corrected chi connectivity index (χ1v) is 6.06. The molecule has 0 aliphatic carbocycles. The van der Waals surface area contributed by atoms with Crippen LogP contribution in [0.4, 0.5) is 10.1 Å². The van der Waals surface area contributed by atoms with E-state index in [2.05, 4.69) is 10.1 Å². The summed E-state index contributed by atoms with van der Waals surface area (Å²) in [6, 6.07) is 13.9. The largest absolute Gasteiger partial charge is 0.466 e. The van der Waals surface area contributed by atoms with Crippen LogP contribution in [0.1, 0.15) is 0 Å². The molecule has 0 saturated heterocycles. The van der Waals surface area contributed by atoms with Crippen molar-refractivity contribution in [3.63, 3.8) is 0 Å². The number of hydrogen-bond acceptors (Lipinski definition) is 3. The third-order valence-corrected chi connectivity index (χ3v) is 2.71. The summed E-state index contributed by atoms with van der Waals surface area (Å²) in [6.07, 6.45) is 2.81. The maximum atomic E-state index is 12.9. The number of rotatable bonds is 4. The zero-order valence-electron chi connectivity index (χ0n) is 11.0. The fourth-order valence-electron chi connectivity index (χ4n) is 1.70. The van der Waals surface area contributed by atoms with E-state index in [9.17, 15) is 9.18 Å². The Morgan fingerprint density at radius 3 is 2.60 bits per heavy atom. The summed E-state index contributed by atoms with van der Waals surface area (Å²) in [4.78, 5) is 10.9. The van der Waals surface area contributed by atoms with Gasteiger partial charge in [0.15, 0.2) is 0 Å². The lowest BCUT2D eigenvalue weighted by molar-refractivity contribution is -0.134. The molecule has 4 heteroatoms. The summed E-state index contributed by atoms with van der Waals surface area (Å²) in [7, 11) is 1.32. The number of hydrogen-bond donors (Lipinski definition) is 1. The van der Waals surface area contributed by atoms with E-state index < -0.39 is 5.97 Å². The molecule has 0 heterocycles. The van der Waals surface area contributed by atoms with E-state index in [4.69, 9.17) is 0 Å². The summed E-state index contributed by atoms with van der Waals surface area (Å²) in [5.41, 5.74) is 2.71. The van der Waals surface area contributed by atoms with Crippen LogP contribution >= 0.6 is 0 Å². The van der Waals surface area contributed by atoms with E-state index in [1.807, 2.05) is 24.3 Å². The van der Waals surface area contributed by atoms with Crippen molar-refractivity contribution in [3.05, 3.63) is 66.6 Å². The molecule has 1 N–H and O–H groups in total. The second-order valence-corrected chi connectivity index (χ2v) is 4.09. The van der Waals surface area contributed by atoms with Crippen LogP contribution in [-0.4, -0.2) is 13.1 Å². The Kier molecular flexibility index (Phi) is 4.50. The zero-order chi connectivity index (χ0) is 14.4. The Balaban J connectivity index is 2.14. The summed E-state index contributed by atoms with van der Waals surface area (Å²) >= 11 is 0. The quantitative estimate of drug-likeness (QED) is 0.682. The highest BCUT2D eigenvalue weighted by Gasteiger charge is 1.99. The Morgan fingerprint density at radius 1 is 1.15 bits per heavy atom. The van der Waals surface area contributed by atoms with Gasteiger partial charge in [-0.1, -0.05) is 24.3 Å². The highest BCUT2D eigenvalue weighted by molar-refractivity contribution is 5.82. The van der Waals surface area contributed by atoms with Gasteiger partial charge in [0.2, 0.25) is 0 Å². The van der Waals surface area contributed by atoms with Crippen molar-refractivity contribution in [1.82, 2.24) is 0 Å². The van der Waals surface area contributed by atoms with Crippen LogP contribution in [0.15, 0.2) is 60.8 Å². The molecule has 0 bridgehead atoms.